The average molecular weight is 920 g/mol. The molecule has 5 aromatic carbocycles. The predicted molar refractivity (Wildman–Crippen MR) is 231 cm³/mol. The standard InChI is InChI=1S/C51H54N3O.Pt/c1-31-22-32(2)47(33(3)23-31)54-44-30-40(51(10,11)12)29-42(46(44)53-48(54)41-18-13-14-19-45(41)55)35-16-15-17-36(24-35)43-27-34(20-21-52-43)37-25-38(49(4,5)6)28-39(26-37)50(7,8)9;/h13-23,25-30,55H,1-12H3;/q-1;. The van der Waals surface area contributed by atoms with Crippen molar-refractivity contribution in [2.75, 3.05) is 0 Å². The number of nitrogens with zero attached hydrogens (tertiary/aromatic N) is 3. The minimum atomic E-state index is -0.147. The summed E-state index contributed by atoms with van der Waals surface area (Å²) in [7, 11) is 0. The molecule has 56 heavy (non-hydrogen) atoms. The van der Waals surface area contributed by atoms with Gasteiger partial charge in [-0.15, -0.1) is 29.8 Å². The third-order valence-corrected chi connectivity index (χ3v) is 10.7. The molecule has 0 saturated heterocycles. The second-order valence-corrected chi connectivity index (χ2v) is 18.4. The summed E-state index contributed by atoms with van der Waals surface area (Å²) in [4.78, 5) is 10.3. The number of pyridine rings is 1. The van der Waals surface area contributed by atoms with Crippen molar-refractivity contribution in [3.63, 3.8) is 0 Å². The molecule has 290 valence electrons. The summed E-state index contributed by atoms with van der Waals surface area (Å²) in [5.74, 6) is 0.898. The number of phenolic OH excluding ortho intramolecular Hbond substituents is 1. The first-order valence-corrected chi connectivity index (χ1v) is 19.4. The first-order valence-electron chi connectivity index (χ1n) is 19.4. The molecule has 0 saturated carbocycles. The Kier molecular flexibility index (Phi) is 10.9. The fourth-order valence-electron chi connectivity index (χ4n) is 7.60. The van der Waals surface area contributed by atoms with Gasteiger partial charge in [0.05, 0.1) is 22.3 Å². The summed E-state index contributed by atoms with van der Waals surface area (Å²) in [6, 6.07) is 37.9. The molecule has 0 aliphatic carbocycles. The van der Waals surface area contributed by atoms with Crippen LogP contribution in [0.15, 0.2) is 103 Å². The molecular weight excluding hydrogens is 866 g/mol. The summed E-state index contributed by atoms with van der Waals surface area (Å²) >= 11 is 0. The second kappa shape index (κ2) is 14.9. The second-order valence-electron chi connectivity index (χ2n) is 18.4. The Morgan fingerprint density at radius 3 is 1.79 bits per heavy atom. The van der Waals surface area contributed by atoms with Crippen LogP contribution in [0.3, 0.4) is 0 Å². The number of aromatic hydroxyl groups is 1. The smallest absolute Gasteiger partial charge is 0.148 e. The molecule has 4 nitrogen and oxygen atoms in total. The molecule has 2 heterocycles. The Balaban J connectivity index is 0.00000532. The van der Waals surface area contributed by atoms with E-state index in [0.717, 1.165) is 55.8 Å². The molecule has 0 unspecified atom stereocenters. The first kappa shape index (κ1) is 40.9. The number of imidazole rings is 1. The topological polar surface area (TPSA) is 50.9 Å². The van der Waals surface area contributed by atoms with Crippen molar-refractivity contribution in [1.29, 1.82) is 0 Å². The SMILES string of the molecule is Cc1cc(C)c(-n2c(-c3ccccc3O)nc3c(-c4[c-]c(-c5cc(-c6cc(C(C)(C)C)cc(C(C)(C)C)c6)ccn5)ccc4)cc(C(C)(C)C)cc32)c(C)c1.[Pt]. The number of aromatic nitrogens is 3. The molecule has 0 spiro atoms. The van der Waals surface area contributed by atoms with Gasteiger partial charge in [-0.2, -0.15) is 0 Å². The van der Waals surface area contributed by atoms with Gasteiger partial charge in [-0.1, -0.05) is 134 Å². The van der Waals surface area contributed by atoms with Gasteiger partial charge in [0.1, 0.15) is 11.6 Å². The number of fused-ring (bicyclic) bond motifs is 1. The van der Waals surface area contributed by atoms with Gasteiger partial charge in [0.15, 0.2) is 0 Å². The maximum atomic E-state index is 11.2. The zero-order valence-electron chi connectivity index (χ0n) is 34.9. The minimum Gasteiger partial charge on any atom is -0.507 e. The van der Waals surface area contributed by atoms with Crippen molar-refractivity contribution in [1.82, 2.24) is 14.5 Å². The Bertz CT molecular complexity index is 2540. The number of aryl methyl sites for hydroxylation is 3. The van der Waals surface area contributed by atoms with Gasteiger partial charge in [-0.3, -0.25) is 9.55 Å². The van der Waals surface area contributed by atoms with Crippen LogP contribution >= 0.6 is 0 Å². The quantitative estimate of drug-likeness (QED) is 0.175. The Hall–Kier alpha value is -4.79. The summed E-state index contributed by atoms with van der Waals surface area (Å²) in [6.07, 6.45) is 1.91. The van der Waals surface area contributed by atoms with Gasteiger partial charge in [-0.25, -0.2) is 4.98 Å². The van der Waals surface area contributed by atoms with Crippen molar-refractivity contribution < 1.29 is 26.2 Å². The number of phenols is 1. The first-order chi connectivity index (χ1) is 25.8. The van der Waals surface area contributed by atoms with Gasteiger partial charge in [0.2, 0.25) is 0 Å². The number of hydrogen-bond acceptors (Lipinski definition) is 3. The molecule has 1 N–H and O–H groups in total. The van der Waals surface area contributed by atoms with E-state index in [0.29, 0.717) is 11.4 Å². The largest absolute Gasteiger partial charge is 0.507 e. The average Bonchev–Trinajstić information content (AvgIpc) is 3.48. The molecular formula is C51H54N3OPt-. The summed E-state index contributed by atoms with van der Waals surface area (Å²) in [5.41, 5.74) is 16.9. The van der Waals surface area contributed by atoms with Crippen molar-refractivity contribution in [2.24, 2.45) is 0 Å². The van der Waals surface area contributed by atoms with Crippen LogP contribution < -0.4 is 0 Å². The molecule has 0 bridgehead atoms. The monoisotopic (exact) mass is 919 g/mol. The van der Waals surface area contributed by atoms with Crippen LogP contribution in [0, 0.1) is 26.8 Å². The molecule has 2 aromatic heterocycles. The van der Waals surface area contributed by atoms with Crippen molar-refractivity contribution in [3.8, 4) is 56.3 Å². The van der Waals surface area contributed by atoms with Gasteiger partial charge < -0.3 is 5.11 Å². The zero-order chi connectivity index (χ0) is 39.6. The molecule has 0 radical (unpaired) electrons. The molecule has 0 aliphatic rings. The number of rotatable bonds is 5. The summed E-state index contributed by atoms with van der Waals surface area (Å²) in [6.45, 7) is 26.9. The van der Waals surface area contributed by atoms with Gasteiger partial charge in [-0.05, 0) is 100 Å². The molecule has 0 aliphatic heterocycles. The normalized spacial score (nSPS) is 12.2. The van der Waals surface area contributed by atoms with E-state index < -0.39 is 0 Å². The molecule has 0 atom stereocenters. The molecule has 0 fully saturated rings. The third-order valence-electron chi connectivity index (χ3n) is 10.7. The van der Waals surface area contributed by atoms with E-state index in [1.807, 2.05) is 24.4 Å². The van der Waals surface area contributed by atoms with Crippen molar-refractivity contribution in [3.05, 3.63) is 143 Å². The maximum absolute atomic E-state index is 11.2. The van der Waals surface area contributed by atoms with Crippen LogP contribution in [-0.4, -0.2) is 19.6 Å². The Labute approximate surface area is 348 Å². The van der Waals surface area contributed by atoms with Crippen LogP contribution in [0.1, 0.15) is 95.7 Å². The van der Waals surface area contributed by atoms with E-state index in [4.69, 9.17) is 9.97 Å². The van der Waals surface area contributed by atoms with Crippen molar-refractivity contribution in [2.45, 2.75) is 99.3 Å². The van der Waals surface area contributed by atoms with Crippen molar-refractivity contribution >= 4 is 11.0 Å². The van der Waals surface area contributed by atoms with E-state index in [-0.39, 0.29) is 43.1 Å². The van der Waals surface area contributed by atoms with E-state index in [2.05, 4.69) is 167 Å². The van der Waals surface area contributed by atoms with Crippen LogP contribution in [0.2, 0.25) is 0 Å². The maximum Gasteiger partial charge on any atom is 0.148 e. The van der Waals surface area contributed by atoms with E-state index in [1.54, 1.807) is 6.07 Å². The fraction of sp³-hybridized carbons (Fsp3) is 0.294. The minimum absolute atomic E-state index is 0. The van der Waals surface area contributed by atoms with Gasteiger partial charge in [0.25, 0.3) is 0 Å². The predicted octanol–water partition coefficient (Wildman–Crippen LogP) is 13.4. The zero-order valence-corrected chi connectivity index (χ0v) is 37.2. The van der Waals surface area contributed by atoms with E-state index >= 15 is 0 Å². The van der Waals surface area contributed by atoms with Crippen LogP contribution in [-0.2, 0) is 37.3 Å². The third kappa shape index (κ3) is 7.91. The van der Waals surface area contributed by atoms with Crippen LogP contribution in [0.4, 0.5) is 0 Å². The van der Waals surface area contributed by atoms with Gasteiger partial charge >= 0.3 is 0 Å². The van der Waals surface area contributed by atoms with E-state index in [9.17, 15) is 5.11 Å². The van der Waals surface area contributed by atoms with Crippen LogP contribution in [0.25, 0.3) is 61.6 Å². The molecule has 5 heteroatoms. The number of benzene rings is 5. The summed E-state index contributed by atoms with van der Waals surface area (Å²) in [5, 5.41) is 11.2. The molecule has 7 aromatic rings. The molecule has 7 rings (SSSR count). The number of hydrogen-bond donors (Lipinski definition) is 1. The van der Waals surface area contributed by atoms with Crippen LogP contribution in [0.5, 0.6) is 5.75 Å². The van der Waals surface area contributed by atoms with E-state index in [1.165, 1.54) is 27.8 Å². The molecule has 0 amide bonds. The summed E-state index contributed by atoms with van der Waals surface area (Å²) < 4.78 is 2.25. The number of para-hydroxylation sites is 1. The Morgan fingerprint density at radius 1 is 0.589 bits per heavy atom. The van der Waals surface area contributed by atoms with Gasteiger partial charge in [0, 0.05) is 33.0 Å². The fourth-order valence-corrected chi connectivity index (χ4v) is 7.60. The Morgan fingerprint density at radius 2 is 1.18 bits per heavy atom.